The largest absolute Gasteiger partial charge is 0.492 e. The number of hydrogen-bond acceptors (Lipinski definition) is 6. The van der Waals surface area contributed by atoms with Crippen LogP contribution in [0, 0.1) is 13.8 Å². The summed E-state index contributed by atoms with van der Waals surface area (Å²) in [5.41, 5.74) is 0. The first-order chi connectivity index (χ1) is 10.6. The molecule has 0 bridgehead atoms. The summed E-state index contributed by atoms with van der Waals surface area (Å²) in [6.45, 7) is 5.79. The maximum atomic E-state index is 10.6. The lowest BCUT2D eigenvalue weighted by Gasteiger charge is -2.24. The Balaban J connectivity index is 1.84. The number of aromatic hydroxyl groups is 1. The summed E-state index contributed by atoms with van der Waals surface area (Å²) in [6, 6.07) is 3.90. The predicted octanol–water partition coefficient (Wildman–Crippen LogP) is 2.89. The third-order valence-corrected chi connectivity index (χ3v) is 5.16. The summed E-state index contributed by atoms with van der Waals surface area (Å²) in [4.78, 5) is 8.29. The zero-order valence-corrected chi connectivity index (χ0v) is 13.4. The van der Waals surface area contributed by atoms with E-state index in [1.54, 1.807) is 0 Å². The highest BCUT2D eigenvalue weighted by molar-refractivity contribution is 7.17. The maximum absolute atomic E-state index is 10.6. The summed E-state index contributed by atoms with van der Waals surface area (Å²) >= 11 is 1.48. The molecule has 0 spiro atoms. The van der Waals surface area contributed by atoms with Gasteiger partial charge in [-0.3, -0.25) is 4.90 Å². The van der Waals surface area contributed by atoms with Crippen LogP contribution in [-0.4, -0.2) is 37.7 Å². The molecule has 1 saturated heterocycles. The second-order valence-corrected chi connectivity index (χ2v) is 6.75. The van der Waals surface area contributed by atoms with Crippen molar-refractivity contribution in [3.63, 3.8) is 0 Å². The Labute approximate surface area is 132 Å². The molecule has 7 heteroatoms. The highest BCUT2D eigenvalue weighted by Gasteiger charge is 2.32. The number of rotatable bonds is 3. The molecule has 22 heavy (non-hydrogen) atoms. The Morgan fingerprint density at radius 1 is 1.27 bits per heavy atom. The van der Waals surface area contributed by atoms with Gasteiger partial charge < -0.3 is 9.52 Å². The number of nitrogens with zero attached hydrogens (tertiary/aromatic N) is 4. The maximum Gasteiger partial charge on any atom is 0.230 e. The standard InChI is InChI=1S/C15H18N4O2S/c1-9-5-6-11(21-9)12(18-7-3-4-8-18)13-14(20)19-15(22-13)16-10(2)17-19/h5-6,12,20H,3-4,7-8H2,1-2H3/t12-/m1/s1. The second-order valence-electron chi connectivity index (χ2n) is 5.74. The van der Waals surface area contributed by atoms with Gasteiger partial charge in [0.1, 0.15) is 23.4 Å². The molecule has 3 aromatic rings. The normalized spacial score (nSPS) is 17.5. The Morgan fingerprint density at radius 3 is 2.68 bits per heavy atom. The number of likely N-dealkylation sites (tertiary alicyclic amines) is 1. The Bertz CT molecular complexity index is 813. The van der Waals surface area contributed by atoms with Crippen LogP contribution >= 0.6 is 11.3 Å². The smallest absolute Gasteiger partial charge is 0.230 e. The summed E-state index contributed by atoms with van der Waals surface area (Å²) in [5, 5.41) is 14.9. The molecule has 4 rings (SSSR count). The van der Waals surface area contributed by atoms with E-state index in [1.807, 2.05) is 26.0 Å². The van der Waals surface area contributed by atoms with Gasteiger partial charge in [0.25, 0.3) is 0 Å². The van der Waals surface area contributed by atoms with E-state index in [4.69, 9.17) is 4.42 Å². The van der Waals surface area contributed by atoms with Crippen molar-refractivity contribution in [1.29, 1.82) is 0 Å². The lowest BCUT2D eigenvalue weighted by molar-refractivity contribution is 0.244. The van der Waals surface area contributed by atoms with Gasteiger partial charge in [-0.1, -0.05) is 11.3 Å². The van der Waals surface area contributed by atoms with E-state index in [1.165, 1.54) is 28.7 Å². The molecule has 1 aliphatic heterocycles. The molecule has 0 aliphatic carbocycles. The average molecular weight is 318 g/mol. The Hall–Kier alpha value is -1.86. The molecule has 4 heterocycles. The van der Waals surface area contributed by atoms with Crippen molar-refractivity contribution in [1.82, 2.24) is 19.5 Å². The van der Waals surface area contributed by atoms with Crippen molar-refractivity contribution in [2.75, 3.05) is 13.1 Å². The van der Waals surface area contributed by atoms with Gasteiger partial charge in [0.2, 0.25) is 10.8 Å². The van der Waals surface area contributed by atoms with Crippen LogP contribution in [0.2, 0.25) is 0 Å². The van der Waals surface area contributed by atoms with E-state index in [9.17, 15) is 5.11 Å². The van der Waals surface area contributed by atoms with Gasteiger partial charge in [-0.2, -0.15) is 4.52 Å². The SMILES string of the molecule is Cc1nc2sc([C@@H](c3ccc(C)o3)N3CCCC3)c(O)n2n1. The Kier molecular flexibility index (Phi) is 3.19. The van der Waals surface area contributed by atoms with Gasteiger partial charge in [-0.15, -0.1) is 5.10 Å². The van der Waals surface area contributed by atoms with E-state index in [0.29, 0.717) is 5.82 Å². The number of thiazole rings is 1. The zero-order chi connectivity index (χ0) is 15.3. The molecule has 1 aliphatic rings. The lowest BCUT2D eigenvalue weighted by Crippen LogP contribution is -2.25. The van der Waals surface area contributed by atoms with Crippen LogP contribution in [0.4, 0.5) is 0 Å². The number of fused-ring (bicyclic) bond motifs is 1. The van der Waals surface area contributed by atoms with Gasteiger partial charge in [0, 0.05) is 0 Å². The number of hydrogen-bond donors (Lipinski definition) is 1. The fraction of sp³-hybridized carbons (Fsp3) is 0.467. The van der Waals surface area contributed by atoms with Crippen molar-refractivity contribution >= 4 is 16.3 Å². The fourth-order valence-electron chi connectivity index (χ4n) is 3.10. The third kappa shape index (κ3) is 2.12. The van der Waals surface area contributed by atoms with Crippen LogP contribution in [0.1, 0.15) is 41.1 Å². The first kappa shape index (κ1) is 13.8. The quantitative estimate of drug-likeness (QED) is 0.804. The minimum absolute atomic E-state index is 0.0648. The highest BCUT2D eigenvalue weighted by Crippen LogP contribution is 2.41. The minimum atomic E-state index is -0.0648. The lowest BCUT2D eigenvalue weighted by atomic mass is 10.1. The molecule has 1 fully saturated rings. The fourth-order valence-corrected chi connectivity index (χ4v) is 4.24. The number of furan rings is 1. The monoisotopic (exact) mass is 318 g/mol. The van der Waals surface area contributed by atoms with E-state index >= 15 is 0 Å². The van der Waals surface area contributed by atoms with Crippen LogP contribution in [-0.2, 0) is 0 Å². The molecule has 0 amide bonds. The minimum Gasteiger partial charge on any atom is -0.492 e. The van der Waals surface area contributed by atoms with Crippen LogP contribution in [0.5, 0.6) is 5.88 Å². The molecule has 1 N–H and O–H groups in total. The summed E-state index contributed by atoms with van der Waals surface area (Å²) < 4.78 is 7.39. The summed E-state index contributed by atoms with van der Waals surface area (Å²) in [6.07, 6.45) is 2.35. The summed E-state index contributed by atoms with van der Waals surface area (Å²) in [7, 11) is 0. The van der Waals surface area contributed by atoms with Crippen molar-refractivity contribution in [3.05, 3.63) is 34.4 Å². The molecule has 0 unspecified atom stereocenters. The van der Waals surface area contributed by atoms with Crippen LogP contribution in [0.15, 0.2) is 16.5 Å². The number of aryl methyl sites for hydroxylation is 2. The van der Waals surface area contributed by atoms with Gasteiger partial charge in [0.05, 0.1) is 4.88 Å². The van der Waals surface area contributed by atoms with Gasteiger partial charge in [-0.25, -0.2) is 4.98 Å². The first-order valence-electron chi connectivity index (χ1n) is 7.49. The number of aromatic nitrogens is 3. The molecule has 0 aromatic carbocycles. The second kappa shape index (κ2) is 5.10. The topological polar surface area (TPSA) is 66.8 Å². The first-order valence-corrected chi connectivity index (χ1v) is 8.30. The van der Waals surface area contributed by atoms with Crippen LogP contribution < -0.4 is 0 Å². The van der Waals surface area contributed by atoms with Crippen LogP contribution in [0.25, 0.3) is 4.96 Å². The molecule has 0 radical (unpaired) electrons. The van der Waals surface area contributed by atoms with E-state index in [-0.39, 0.29) is 11.9 Å². The molecule has 0 saturated carbocycles. The highest BCUT2D eigenvalue weighted by atomic mass is 32.1. The van der Waals surface area contributed by atoms with E-state index in [0.717, 1.165) is 34.4 Å². The molecule has 3 aromatic heterocycles. The van der Waals surface area contributed by atoms with Crippen molar-refractivity contribution in [2.24, 2.45) is 0 Å². The van der Waals surface area contributed by atoms with Crippen molar-refractivity contribution in [2.45, 2.75) is 32.7 Å². The third-order valence-electron chi connectivity index (χ3n) is 4.09. The molecule has 6 nitrogen and oxygen atoms in total. The van der Waals surface area contributed by atoms with E-state index < -0.39 is 0 Å². The van der Waals surface area contributed by atoms with Crippen LogP contribution in [0.3, 0.4) is 0 Å². The van der Waals surface area contributed by atoms with Gasteiger partial charge >= 0.3 is 0 Å². The molecule has 116 valence electrons. The zero-order valence-electron chi connectivity index (χ0n) is 12.6. The molecular formula is C15H18N4O2S. The molecular weight excluding hydrogens is 300 g/mol. The Morgan fingerprint density at radius 2 is 2.05 bits per heavy atom. The predicted molar refractivity (Wildman–Crippen MR) is 83.4 cm³/mol. The molecule has 1 atom stereocenters. The average Bonchev–Trinajstić information content (AvgIpc) is 3.22. The van der Waals surface area contributed by atoms with Crippen molar-refractivity contribution in [3.8, 4) is 5.88 Å². The van der Waals surface area contributed by atoms with Gasteiger partial charge in [0.15, 0.2) is 0 Å². The van der Waals surface area contributed by atoms with E-state index in [2.05, 4.69) is 15.0 Å². The van der Waals surface area contributed by atoms with Crippen molar-refractivity contribution < 1.29 is 9.52 Å². The summed E-state index contributed by atoms with van der Waals surface area (Å²) in [5.74, 6) is 2.59. The van der Waals surface area contributed by atoms with Gasteiger partial charge in [-0.05, 0) is 51.9 Å².